The first-order valence-electron chi connectivity index (χ1n) is 4.46. The molecule has 0 aromatic carbocycles. The summed E-state index contributed by atoms with van der Waals surface area (Å²) in [5.41, 5.74) is 0. The molecule has 0 saturated carbocycles. The molecule has 0 spiro atoms. The van der Waals surface area contributed by atoms with Crippen LogP contribution in [0, 0.1) is 0 Å². The van der Waals surface area contributed by atoms with Crippen molar-refractivity contribution < 1.29 is 52.7 Å². The largest absolute Gasteiger partial charge is 0.481 e. The molecule has 1 fully saturated rings. The van der Waals surface area contributed by atoms with Crippen LogP contribution < -0.4 is 0 Å². The molecule has 108 valence electrons. The summed E-state index contributed by atoms with van der Waals surface area (Å²) >= 11 is 0. The number of rotatable bonds is 5. The van der Waals surface area contributed by atoms with Gasteiger partial charge in [-0.15, -0.1) is 0 Å². The highest BCUT2D eigenvalue weighted by Gasteiger charge is 2.43. The van der Waals surface area contributed by atoms with Gasteiger partial charge in [0.1, 0.15) is 18.3 Å². The highest BCUT2D eigenvalue weighted by atomic mass is 31.3. The van der Waals surface area contributed by atoms with Crippen LogP contribution in [0.2, 0.25) is 0 Å². The lowest BCUT2D eigenvalue weighted by atomic mass is 10.1. The van der Waals surface area contributed by atoms with Crippen molar-refractivity contribution in [1.29, 1.82) is 0 Å². The van der Waals surface area contributed by atoms with Crippen LogP contribution in [-0.4, -0.2) is 61.2 Å². The Morgan fingerprint density at radius 2 is 1.61 bits per heavy atom. The summed E-state index contributed by atoms with van der Waals surface area (Å²) in [7, 11) is -10.3. The highest BCUT2D eigenvalue weighted by molar-refractivity contribution is 7.60. The van der Waals surface area contributed by atoms with Crippen molar-refractivity contribution in [3.63, 3.8) is 0 Å². The zero-order chi connectivity index (χ0) is 14.1. The Bertz CT molecular complexity index is 378. The van der Waals surface area contributed by atoms with E-state index in [0.717, 1.165) is 0 Å². The maximum absolute atomic E-state index is 11.0. The van der Waals surface area contributed by atoms with Crippen LogP contribution in [-0.2, 0) is 22.7 Å². The van der Waals surface area contributed by atoms with E-state index < -0.39 is 46.9 Å². The molecular weight excluding hydrogens is 298 g/mol. The fourth-order valence-electron chi connectivity index (χ4n) is 1.19. The molecule has 1 unspecified atom stereocenters. The summed E-state index contributed by atoms with van der Waals surface area (Å²) in [6.07, 6.45) is -6.26. The Hall–Kier alpha value is 0.1000. The van der Waals surface area contributed by atoms with Gasteiger partial charge in [-0.3, -0.25) is 4.52 Å². The van der Waals surface area contributed by atoms with E-state index in [1.54, 1.807) is 0 Å². The van der Waals surface area contributed by atoms with E-state index in [9.17, 15) is 14.2 Å². The van der Waals surface area contributed by atoms with E-state index >= 15 is 0 Å². The van der Waals surface area contributed by atoms with Gasteiger partial charge in [0.15, 0.2) is 6.29 Å². The lowest BCUT2D eigenvalue weighted by molar-refractivity contribution is -0.132. The first-order valence-corrected chi connectivity index (χ1v) is 7.48. The van der Waals surface area contributed by atoms with Crippen molar-refractivity contribution >= 4 is 15.6 Å². The van der Waals surface area contributed by atoms with E-state index in [-0.39, 0.29) is 0 Å². The number of aliphatic hydroxyl groups excluding tert-OH is 3. The smallest absolute Gasteiger partial charge is 0.387 e. The Balaban J connectivity index is 2.51. The second-order valence-electron chi connectivity index (χ2n) is 3.38. The van der Waals surface area contributed by atoms with Gasteiger partial charge in [-0.2, -0.15) is 4.31 Å². The van der Waals surface area contributed by atoms with E-state index in [1.165, 1.54) is 0 Å². The predicted molar refractivity (Wildman–Crippen MR) is 51.8 cm³/mol. The first-order chi connectivity index (χ1) is 8.02. The van der Waals surface area contributed by atoms with E-state index in [4.69, 9.17) is 24.9 Å². The molecule has 0 aromatic heterocycles. The summed E-state index contributed by atoms with van der Waals surface area (Å²) in [5, 5.41) is 27.3. The van der Waals surface area contributed by atoms with Crippen molar-refractivity contribution in [2.75, 3.05) is 6.61 Å². The normalized spacial score (nSPS) is 36.6. The van der Waals surface area contributed by atoms with Crippen LogP contribution in [0.1, 0.15) is 0 Å². The number of phosphoric ester groups is 1. The highest BCUT2D eigenvalue weighted by Crippen LogP contribution is 2.57. The van der Waals surface area contributed by atoms with Crippen molar-refractivity contribution in [3.8, 4) is 0 Å². The zero-order valence-corrected chi connectivity index (χ0v) is 10.4. The Morgan fingerprint density at radius 3 is 2.00 bits per heavy atom. The van der Waals surface area contributed by atoms with Crippen molar-refractivity contribution in [3.05, 3.63) is 0 Å². The molecule has 18 heavy (non-hydrogen) atoms. The minimum atomic E-state index is -5.23. The predicted octanol–water partition coefficient (Wildman–Crippen LogP) is -2.35. The lowest BCUT2D eigenvalue weighted by Crippen LogP contribution is -2.34. The van der Waals surface area contributed by atoms with Gasteiger partial charge in [-0.1, -0.05) is 0 Å². The van der Waals surface area contributed by atoms with Crippen LogP contribution in [0.3, 0.4) is 0 Å². The molecule has 1 aliphatic rings. The van der Waals surface area contributed by atoms with Gasteiger partial charge in [0, 0.05) is 0 Å². The Labute approximate surface area is 100 Å². The maximum Gasteiger partial charge on any atom is 0.481 e. The van der Waals surface area contributed by atoms with Crippen LogP contribution in [0.15, 0.2) is 0 Å². The van der Waals surface area contributed by atoms with Crippen LogP contribution in [0.25, 0.3) is 0 Å². The zero-order valence-electron chi connectivity index (χ0n) is 8.64. The third kappa shape index (κ3) is 4.65. The number of ether oxygens (including phenoxy) is 1. The molecule has 1 rings (SSSR count). The number of aliphatic hydroxyl groups is 3. The van der Waals surface area contributed by atoms with Gasteiger partial charge < -0.3 is 34.7 Å². The molecular formula is C5H12O11P2. The van der Waals surface area contributed by atoms with Gasteiger partial charge in [0.05, 0.1) is 6.61 Å². The summed E-state index contributed by atoms with van der Waals surface area (Å²) in [4.78, 5) is 25.5. The SMILES string of the molecule is O=P(O)(O)OP(=O)(O)OC[C@H]1O[C@H](O)[C@H](O)[C@@H]1O. The summed E-state index contributed by atoms with van der Waals surface area (Å²) in [5.74, 6) is 0. The Morgan fingerprint density at radius 1 is 1.06 bits per heavy atom. The fourth-order valence-corrected chi connectivity index (χ4v) is 2.79. The molecule has 11 nitrogen and oxygen atoms in total. The van der Waals surface area contributed by atoms with Crippen molar-refractivity contribution in [1.82, 2.24) is 0 Å². The summed E-state index contributed by atoms with van der Waals surface area (Å²) < 4.78 is 33.5. The van der Waals surface area contributed by atoms with Crippen LogP contribution in [0.4, 0.5) is 0 Å². The summed E-state index contributed by atoms with van der Waals surface area (Å²) in [6, 6.07) is 0. The summed E-state index contributed by atoms with van der Waals surface area (Å²) in [6.45, 7) is -0.830. The number of phosphoric acid groups is 2. The molecule has 1 saturated heterocycles. The molecule has 0 aromatic rings. The van der Waals surface area contributed by atoms with E-state index in [0.29, 0.717) is 0 Å². The molecule has 1 heterocycles. The van der Waals surface area contributed by atoms with Crippen molar-refractivity contribution in [2.24, 2.45) is 0 Å². The molecule has 0 amide bonds. The minimum Gasteiger partial charge on any atom is -0.387 e. The second-order valence-corrected chi connectivity index (χ2v) is 6.21. The van der Waals surface area contributed by atoms with Gasteiger partial charge in [0.25, 0.3) is 0 Å². The average Bonchev–Trinajstić information content (AvgIpc) is 2.39. The second kappa shape index (κ2) is 5.61. The molecule has 6 N–H and O–H groups in total. The van der Waals surface area contributed by atoms with Gasteiger partial charge in [-0.05, 0) is 0 Å². The van der Waals surface area contributed by atoms with Crippen molar-refractivity contribution in [2.45, 2.75) is 24.6 Å². The molecule has 0 aliphatic carbocycles. The molecule has 0 radical (unpaired) electrons. The van der Waals surface area contributed by atoms with E-state index in [1.807, 2.05) is 0 Å². The van der Waals surface area contributed by atoms with Gasteiger partial charge in [0.2, 0.25) is 0 Å². The third-order valence-corrected chi connectivity index (χ3v) is 4.10. The van der Waals surface area contributed by atoms with Gasteiger partial charge >= 0.3 is 15.6 Å². The van der Waals surface area contributed by atoms with Gasteiger partial charge in [-0.25, -0.2) is 9.13 Å². The molecule has 5 atom stereocenters. The van der Waals surface area contributed by atoms with E-state index in [2.05, 4.69) is 13.6 Å². The topological polar surface area (TPSA) is 183 Å². The quantitative estimate of drug-likeness (QED) is 0.299. The number of hydrogen-bond acceptors (Lipinski definition) is 8. The fraction of sp³-hybridized carbons (Fsp3) is 1.00. The maximum atomic E-state index is 11.0. The van der Waals surface area contributed by atoms with Crippen LogP contribution in [0.5, 0.6) is 0 Å². The standard InChI is InChI=1S/C5H12O11P2/c6-3-2(15-5(8)4(3)7)1-14-18(12,13)16-17(9,10)11/h2-8H,1H2,(H,12,13)(H2,9,10,11)/t2-,3-,4-,5+/m1/s1. The molecule has 1 aliphatic heterocycles. The lowest BCUT2D eigenvalue weighted by Gasteiger charge is -2.17. The molecule has 13 heteroatoms. The first kappa shape index (κ1) is 16.2. The Kier molecular flexibility index (Phi) is 5.04. The third-order valence-electron chi connectivity index (χ3n) is 1.95. The molecule has 0 bridgehead atoms. The number of hydrogen-bond donors (Lipinski definition) is 6. The van der Waals surface area contributed by atoms with Crippen LogP contribution >= 0.6 is 15.6 Å². The minimum absolute atomic E-state index is 0.830. The average molecular weight is 310 g/mol. The monoisotopic (exact) mass is 310 g/mol.